The lowest BCUT2D eigenvalue weighted by Crippen LogP contribution is -2.38. The number of rotatable bonds is 8. The summed E-state index contributed by atoms with van der Waals surface area (Å²) in [5.41, 5.74) is 0.898. The molecule has 1 heterocycles. The van der Waals surface area contributed by atoms with Gasteiger partial charge in [-0.3, -0.25) is 0 Å². The Hall–Kier alpha value is -1.00. The molecule has 0 bridgehead atoms. The van der Waals surface area contributed by atoms with Gasteiger partial charge in [0.2, 0.25) is 0 Å². The van der Waals surface area contributed by atoms with Crippen LogP contribution in [0.2, 0.25) is 0 Å². The predicted octanol–water partition coefficient (Wildman–Crippen LogP) is 4.20. The summed E-state index contributed by atoms with van der Waals surface area (Å²) < 4.78 is 41.7. The standard InChI is InChI=1S/C15H25F3N4O.HI/c1-4-11(5-2)13-9-12(23-22-13)10-21-14(19-6-3)20-8-7-15(16,17)18;/h9,11H,4-8,10H2,1-3H3,(H2,19,20,21);1H. The summed E-state index contributed by atoms with van der Waals surface area (Å²) in [7, 11) is 0. The first-order valence-corrected chi connectivity index (χ1v) is 7.94. The molecule has 2 N–H and O–H groups in total. The minimum absolute atomic E-state index is 0. The number of nitrogens with one attached hydrogen (secondary N) is 2. The molecule has 0 saturated carbocycles. The maximum Gasteiger partial charge on any atom is 0.390 e. The molecule has 0 saturated heterocycles. The normalized spacial score (nSPS) is 12.2. The van der Waals surface area contributed by atoms with Crippen LogP contribution in [0.3, 0.4) is 0 Å². The van der Waals surface area contributed by atoms with E-state index in [4.69, 9.17) is 4.52 Å². The van der Waals surface area contributed by atoms with Gasteiger partial charge in [0.05, 0.1) is 12.1 Å². The second-order valence-electron chi connectivity index (χ2n) is 5.22. The summed E-state index contributed by atoms with van der Waals surface area (Å²) >= 11 is 0. The monoisotopic (exact) mass is 462 g/mol. The Morgan fingerprint density at radius 2 is 1.92 bits per heavy atom. The summed E-state index contributed by atoms with van der Waals surface area (Å²) in [6.07, 6.45) is -3.13. The highest BCUT2D eigenvalue weighted by Gasteiger charge is 2.26. The molecule has 140 valence electrons. The number of guanidine groups is 1. The van der Waals surface area contributed by atoms with Gasteiger partial charge in [-0.2, -0.15) is 13.2 Å². The zero-order valence-corrected chi connectivity index (χ0v) is 16.6. The molecule has 1 aromatic rings. The second-order valence-corrected chi connectivity index (χ2v) is 5.22. The van der Waals surface area contributed by atoms with Gasteiger partial charge in [-0.25, -0.2) is 4.99 Å². The van der Waals surface area contributed by atoms with Crippen molar-refractivity contribution >= 4 is 29.9 Å². The van der Waals surface area contributed by atoms with Crippen LogP contribution in [0.1, 0.15) is 57.4 Å². The quantitative estimate of drug-likeness (QED) is 0.346. The molecule has 9 heteroatoms. The van der Waals surface area contributed by atoms with Crippen molar-refractivity contribution in [1.82, 2.24) is 15.8 Å². The lowest BCUT2D eigenvalue weighted by atomic mass is 9.99. The Bertz CT molecular complexity index is 487. The van der Waals surface area contributed by atoms with Crippen molar-refractivity contribution in [3.8, 4) is 0 Å². The van der Waals surface area contributed by atoms with E-state index in [0.717, 1.165) is 18.5 Å². The molecule has 0 atom stereocenters. The molecule has 0 aliphatic rings. The molecule has 0 radical (unpaired) electrons. The minimum atomic E-state index is -4.18. The van der Waals surface area contributed by atoms with Crippen molar-refractivity contribution in [2.24, 2.45) is 4.99 Å². The predicted molar refractivity (Wildman–Crippen MR) is 98.7 cm³/mol. The topological polar surface area (TPSA) is 62.5 Å². The highest BCUT2D eigenvalue weighted by atomic mass is 127. The number of hydrogen-bond acceptors (Lipinski definition) is 3. The minimum Gasteiger partial charge on any atom is -0.359 e. The lowest BCUT2D eigenvalue weighted by molar-refractivity contribution is -0.132. The van der Waals surface area contributed by atoms with Crippen LogP contribution in [0.25, 0.3) is 0 Å². The van der Waals surface area contributed by atoms with Crippen LogP contribution in [0.4, 0.5) is 13.2 Å². The molecule has 0 unspecified atom stereocenters. The average Bonchev–Trinajstić information content (AvgIpc) is 2.93. The van der Waals surface area contributed by atoms with Gasteiger partial charge in [0.15, 0.2) is 11.7 Å². The van der Waals surface area contributed by atoms with Crippen LogP contribution >= 0.6 is 24.0 Å². The van der Waals surface area contributed by atoms with Gasteiger partial charge in [-0.05, 0) is 19.8 Å². The van der Waals surface area contributed by atoms with E-state index in [-0.39, 0.29) is 37.1 Å². The Kier molecular flexibility index (Phi) is 11.1. The van der Waals surface area contributed by atoms with Crippen LogP contribution in [0.15, 0.2) is 15.6 Å². The third-order valence-electron chi connectivity index (χ3n) is 3.42. The zero-order chi connectivity index (χ0) is 17.3. The third-order valence-corrected chi connectivity index (χ3v) is 3.42. The van der Waals surface area contributed by atoms with Crippen molar-refractivity contribution in [1.29, 1.82) is 0 Å². The molecule has 0 aliphatic heterocycles. The van der Waals surface area contributed by atoms with Gasteiger partial charge in [0.25, 0.3) is 0 Å². The Labute approximate surface area is 157 Å². The number of halogens is 4. The number of hydrogen-bond donors (Lipinski definition) is 2. The Morgan fingerprint density at radius 1 is 1.25 bits per heavy atom. The van der Waals surface area contributed by atoms with Crippen LogP contribution in [0, 0.1) is 0 Å². The number of aliphatic imine (C=N–C) groups is 1. The first kappa shape index (κ1) is 23.0. The van der Waals surface area contributed by atoms with Gasteiger partial charge in [-0.15, -0.1) is 24.0 Å². The average molecular weight is 462 g/mol. The van der Waals surface area contributed by atoms with E-state index < -0.39 is 12.6 Å². The molecular weight excluding hydrogens is 436 g/mol. The van der Waals surface area contributed by atoms with E-state index in [2.05, 4.69) is 34.6 Å². The summed E-state index contributed by atoms with van der Waals surface area (Å²) in [5.74, 6) is 1.28. The SMILES string of the molecule is CCNC(=NCc1cc(C(CC)CC)no1)NCCC(F)(F)F.I. The van der Waals surface area contributed by atoms with Gasteiger partial charge < -0.3 is 15.2 Å². The van der Waals surface area contributed by atoms with Crippen LogP contribution in [-0.4, -0.2) is 30.4 Å². The summed E-state index contributed by atoms with van der Waals surface area (Å²) in [5, 5.41) is 9.60. The van der Waals surface area contributed by atoms with Gasteiger partial charge in [0, 0.05) is 25.1 Å². The lowest BCUT2D eigenvalue weighted by Gasteiger charge is -2.12. The van der Waals surface area contributed by atoms with E-state index in [0.29, 0.717) is 24.2 Å². The van der Waals surface area contributed by atoms with E-state index >= 15 is 0 Å². The van der Waals surface area contributed by atoms with Crippen molar-refractivity contribution in [2.45, 2.75) is 58.7 Å². The van der Waals surface area contributed by atoms with E-state index in [9.17, 15) is 13.2 Å². The Balaban J connectivity index is 0.00000529. The second kappa shape index (κ2) is 11.5. The van der Waals surface area contributed by atoms with Crippen LogP contribution < -0.4 is 10.6 Å². The molecule has 1 rings (SSSR count). The van der Waals surface area contributed by atoms with Crippen molar-refractivity contribution in [2.75, 3.05) is 13.1 Å². The zero-order valence-electron chi connectivity index (χ0n) is 14.2. The summed E-state index contributed by atoms with van der Waals surface area (Å²) in [6.45, 7) is 6.61. The van der Waals surface area contributed by atoms with E-state index in [1.165, 1.54) is 0 Å². The first-order chi connectivity index (χ1) is 10.9. The molecule has 0 fully saturated rings. The van der Waals surface area contributed by atoms with Crippen LogP contribution in [-0.2, 0) is 6.54 Å². The molecule has 0 aromatic carbocycles. The van der Waals surface area contributed by atoms with Crippen molar-refractivity contribution < 1.29 is 17.7 Å². The molecule has 5 nitrogen and oxygen atoms in total. The number of alkyl halides is 3. The first-order valence-electron chi connectivity index (χ1n) is 7.94. The van der Waals surface area contributed by atoms with Crippen molar-refractivity contribution in [3.63, 3.8) is 0 Å². The fraction of sp³-hybridized carbons (Fsp3) is 0.733. The number of aromatic nitrogens is 1. The molecule has 0 aliphatic carbocycles. The third kappa shape index (κ3) is 8.74. The van der Waals surface area contributed by atoms with E-state index in [1.807, 2.05) is 13.0 Å². The van der Waals surface area contributed by atoms with Crippen molar-refractivity contribution in [3.05, 3.63) is 17.5 Å². The maximum atomic E-state index is 12.2. The number of nitrogens with zero attached hydrogens (tertiary/aromatic N) is 2. The van der Waals surface area contributed by atoms with Gasteiger partial charge >= 0.3 is 6.18 Å². The molecule has 0 amide bonds. The van der Waals surface area contributed by atoms with Crippen LogP contribution in [0.5, 0.6) is 0 Å². The fourth-order valence-electron chi connectivity index (χ4n) is 2.12. The van der Waals surface area contributed by atoms with Gasteiger partial charge in [-0.1, -0.05) is 19.0 Å². The van der Waals surface area contributed by atoms with E-state index in [1.54, 1.807) is 0 Å². The highest BCUT2D eigenvalue weighted by Crippen LogP contribution is 2.22. The molecule has 24 heavy (non-hydrogen) atoms. The maximum absolute atomic E-state index is 12.2. The molecule has 1 aromatic heterocycles. The smallest absolute Gasteiger partial charge is 0.359 e. The molecular formula is C15H26F3IN4O. The summed E-state index contributed by atoms with van der Waals surface area (Å²) in [4.78, 5) is 4.22. The van der Waals surface area contributed by atoms with Gasteiger partial charge in [0.1, 0.15) is 6.54 Å². The fourth-order valence-corrected chi connectivity index (χ4v) is 2.12. The Morgan fingerprint density at radius 3 is 2.46 bits per heavy atom. The summed E-state index contributed by atoms with van der Waals surface area (Å²) in [6, 6.07) is 1.86. The highest BCUT2D eigenvalue weighted by molar-refractivity contribution is 14.0. The largest absolute Gasteiger partial charge is 0.390 e. The molecule has 0 spiro atoms.